The summed E-state index contributed by atoms with van der Waals surface area (Å²) in [5, 5.41) is 23.3. The van der Waals surface area contributed by atoms with Crippen molar-refractivity contribution in [3.8, 4) is 17.6 Å². The lowest BCUT2D eigenvalue weighted by molar-refractivity contribution is -0.177. The van der Waals surface area contributed by atoms with Crippen molar-refractivity contribution in [2.45, 2.75) is 44.9 Å². The number of ketones is 2. The first-order chi connectivity index (χ1) is 23.1. The van der Waals surface area contributed by atoms with Crippen LogP contribution in [0, 0.1) is 23.2 Å². The van der Waals surface area contributed by atoms with Crippen molar-refractivity contribution in [3.63, 3.8) is 0 Å². The molecule has 0 saturated heterocycles. The van der Waals surface area contributed by atoms with Gasteiger partial charge in [0.1, 0.15) is 23.6 Å². The third-order valence-electron chi connectivity index (χ3n) is 7.50. The number of benzene rings is 3. The highest BCUT2D eigenvalue weighted by molar-refractivity contribution is 5.99. The summed E-state index contributed by atoms with van der Waals surface area (Å²) in [6.45, 7) is 2.16. The lowest BCUT2D eigenvalue weighted by atomic mass is 9.84. The number of hydrogen-bond acceptors (Lipinski definition) is 8. The van der Waals surface area contributed by atoms with Crippen LogP contribution in [0.25, 0.3) is 0 Å². The number of nitrogens with zero attached hydrogens (tertiary/aromatic N) is 1. The number of alkyl halides is 3. The van der Waals surface area contributed by atoms with Crippen molar-refractivity contribution in [1.29, 1.82) is 5.26 Å². The van der Waals surface area contributed by atoms with Gasteiger partial charge in [-0.1, -0.05) is 38.1 Å². The molecule has 0 bridgehead atoms. The van der Waals surface area contributed by atoms with Crippen LogP contribution < -0.4 is 20.1 Å². The van der Waals surface area contributed by atoms with Gasteiger partial charge < -0.3 is 25.2 Å². The topological polar surface area (TPSA) is 172 Å². The number of aliphatic carboxylic acids is 1. The maximum absolute atomic E-state index is 13.9. The number of rotatable bonds is 16. The fourth-order valence-electron chi connectivity index (χ4n) is 4.87. The van der Waals surface area contributed by atoms with Gasteiger partial charge in [-0.3, -0.25) is 19.2 Å². The Morgan fingerprint density at radius 2 is 1.55 bits per heavy atom. The standard InChI is InChI=1S/C35H34F3N3O8/c1-20(2)27(32(45)35(36,37)38)17-29(42)31(23-7-11-25(48-3)12-8-23)41-34(47)28(16-21-5-4-6-22(15-21)18-39)40-33(46)24-9-13-26(14-10-24)49-19-30(43)44/h4-15,20,27-28,31H,16-17,19H2,1-3H3,(H,40,46)(H,41,47)(H,43,44)/t27-,28-,31-/m0/s1. The average molecular weight is 682 g/mol. The number of nitriles is 1. The first-order valence-corrected chi connectivity index (χ1v) is 15.0. The number of carbonyl (C=O) groups excluding carboxylic acids is 4. The minimum atomic E-state index is -5.18. The van der Waals surface area contributed by atoms with Gasteiger partial charge in [-0.25, -0.2) is 4.79 Å². The monoisotopic (exact) mass is 681 g/mol. The molecule has 0 heterocycles. The van der Waals surface area contributed by atoms with Crippen LogP contribution in [0.2, 0.25) is 0 Å². The number of amides is 2. The molecule has 0 fully saturated rings. The molecule has 14 heteroatoms. The predicted molar refractivity (Wildman–Crippen MR) is 169 cm³/mol. The number of methoxy groups -OCH3 is 1. The second kappa shape index (κ2) is 16.9. The number of halogens is 3. The van der Waals surface area contributed by atoms with Crippen molar-refractivity contribution < 1.29 is 51.7 Å². The van der Waals surface area contributed by atoms with E-state index in [1.165, 1.54) is 81.6 Å². The molecule has 3 atom stereocenters. The van der Waals surface area contributed by atoms with Crippen LogP contribution in [-0.2, 0) is 25.6 Å². The minimum absolute atomic E-state index is 0.0690. The molecule has 0 unspecified atom stereocenters. The van der Waals surface area contributed by atoms with Crippen LogP contribution in [0.15, 0.2) is 72.8 Å². The van der Waals surface area contributed by atoms with Crippen LogP contribution in [0.4, 0.5) is 13.2 Å². The summed E-state index contributed by atoms with van der Waals surface area (Å²) < 4.78 is 50.5. The van der Waals surface area contributed by atoms with E-state index in [1.807, 2.05) is 6.07 Å². The molecule has 0 saturated carbocycles. The molecule has 0 aliphatic carbocycles. The van der Waals surface area contributed by atoms with E-state index in [0.29, 0.717) is 11.3 Å². The fourth-order valence-corrected chi connectivity index (χ4v) is 4.87. The maximum Gasteiger partial charge on any atom is 0.450 e. The van der Waals surface area contributed by atoms with Crippen molar-refractivity contribution in [3.05, 3.63) is 95.1 Å². The van der Waals surface area contributed by atoms with E-state index in [0.717, 1.165) is 0 Å². The molecular formula is C35H34F3N3O8. The lowest BCUT2D eigenvalue weighted by Crippen LogP contribution is -2.50. The Labute approximate surface area is 280 Å². The van der Waals surface area contributed by atoms with Gasteiger partial charge in [0, 0.05) is 24.3 Å². The number of Topliss-reactive ketones (excluding diaryl/α,β-unsaturated/α-hetero) is 2. The van der Waals surface area contributed by atoms with E-state index in [2.05, 4.69) is 10.6 Å². The molecule has 0 aromatic heterocycles. The Bertz CT molecular complexity index is 1700. The van der Waals surface area contributed by atoms with Crippen LogP contribution in [0.1, 0.15) is 53.4 Å². The summed E-state index contributed by atoms with van der Waals surface area (Å²) in [6, 6.07) is 16.6. The second-order valence-electron chi connectivity index (χ2n) is 11.3. The van der Waals surface area contributed by atoms with Gasteiger partial charge in [0.15, 0.2) is 12.4 Å². The molecule has 258 valence electrons. The molecule has 0 aliphatic heterocycles. The first-order valence-electron chi connectivity index (χ1n) is 15.0. The third-order valence-corrected chi connectivity index (χ3v) is 7.50. The summed E-state index contributed by atoms with van der Waals surface area (Å²) in [7, 11) is 1.40. The Kier molecular flexibility index (Phi) is 13.0. The fraction of sp³-hybridized carbons (Fsp3) is 0.314. The third kappa shape index (κ3) is 10.9. The smallest absolute Gasteiger partial charge is 0.450 e. The van der Waals surface area contributed by atoms with Crippen molar-refractivity contribution in [2.75, 3.05) is 13.7 Å². The summed E-state index contributed by atoms with van der Waals surface area (Å²) in [5.74, 6) is -7.74. The van der Waals surface area contributed by atoms with Crippen LogP contribution in [0.3, 0.4) is 0 Å². The number of carbonyl (C=O) groups is 5. The molecule has 11 nitrogen and oxygen atoms in total. The molecular weight excluding hydrogens is 647 g/mol. The Morgan fingerprint density at radius 3 is 2.10 bits per heavy atom. The van der Waals surface area contributed by atoms with Gasteiger partial charge >= 0.3 is 12.1 Å². The number of carboxylic acid groups (broad SMARTS) is 1. The number of nitrogens with one attached hydrogen (secondary N) is 2. The Balaban J connectivity index is 1.96. The van der Waals surface area contributed by atoms with Crippen molar-refractivity contribution in [2.24, 2.45) is 11.8 Å². The summed E-state index contributed by atoms with van der Waals surface area (Å²) in [5.41, 5.74) is 1.01. The lowest BCUT2D eigenvalue weighted by Gasteiger charge is -2.26. The summed E-state index contributed by atoms with van der Waals surface area (Å²) >= 11 is 0. The number of ether oxygens (including phenoxy) is 2. The SMILES string of the molecule is COc1ccc([C@H](NC(=O)[C@H](Cc2cccc(C#N)c2)NC(=O)c2ccc(OCC(=O)O)cc2)C(=O)C[C@H](C(=O)C(F)(F)F)C(C)C)cc1. The molecule has 0 radical (unpaired) electrons. The normalized spacial score (nSPS) is 12.9. The highest BCUT2D eigenvalue weighted by Gasteiger charge is 2.45. The average Bonchev–Trinajstić information content (AvgIpc) is 3.07. The van der Waals surface area contributed by atoms with Crippen LogP contribution in [0.5, 0.6) is 11.5 Å². The Morgan fingerprint density at radius 1 is 0.918 bits per heavy atom. The molecule has 0 aliphatic rings. The van der Waals surface area contributed by atoms with Crippen molar-refractivity contribution >= 4 is 29.4 Å². The van der Waals surface area contributed by atoms with E-state index >= 15 is 0 Å². The highest BCUT2D eigenvalue weighted by Crippen LogP contribution is 2.30. The van der Waals surface area contributed by atoms with E-state index in [4.69, 9.17) is 14.6 Å². The van der Waals surface area contributed by atoms with Gasteiger partial charge in [0.25, 0.3) is 5.91 Å². The summed E-state index contributed by atoms with van der Waals surface area (Å²) in [4.78, 5) is 63.9. The van der Waals surface area contributed by atoms with Crippen LogP contribution in [-0.4, -0.2) is 60.4 Å². The minimum Gasteiger partial charge on any atom is -0.497 e. The zero-order chi connectivity index (χ0) is 36.3. The molecule has 3 aromatic rings. The molecule has 2 amide bonds. The van der Waals surface area contributed by atoms with Gasteiger partial charge in [0.05, 0.1) is 18.7 Å². The van der Waals surface area contributed by atoms with Crippen LogP contribution >= 0.6 is 0 Å². The van der Waals surface area contributed by atoms with Gasteiger partial charge in [-0.2, -0.15) is 18.4 Å². The van der Waals surface area contributed by atoms with Crippen molar-refractivity contribution in [1.82, 2.24) is 10.6 Å². The molecule has 49 heavy (non-hydrogen) atoms. The molecule has 3 rings (SSSR count). The van der Waals surface area contributed by atoms with Gasteiger partial charge in [-0.15, -0.1) is 0 Å². The largest absolute Gasteiger partial charge is 0.497 e. The van der Waals surface area contributed by atoms with Gasteiger partial charge in [0.2, 0.25) is 11.7 Å². The Hall–Kier alpha value is -5.71. The second-order valence-corrected chi connectivity index (χ2v) is 11.3. The number of carboxylic acids is 1. The van der Waals surface area contributed by atoms with Gasteiger partial charge in [-0.05, 0) is 65.6 Å². The maximum atomic E-state index is 13.9. The summed E-state index contributed by atoms with van der Waals surface area (Å²) in [6.07, 6.45) is -6.16. The predicted octanol–water partition coefficient (Wildman–Crippen LogP) is 4.59. The zero-order valence-electron chi connectivity index (χ0n) is 26.7. The molecule has 3 aromatic carbocycles. The van der Waals surface area contributed by atoms with E-state index in [9.17, 15) is 42.4 Å². The van der Waals surface area contributed by atoms with E-state index < -0.39 is 72.5 Å². The molecule has 3 N–H and O–H groups in total. The highest BCUT2D eigenvalue weighted by atomic mass is 19.4. The zero-order valence-corrected chi connectivity index (χ0v) is 26.7. The van der Waals surface area contributed by atoms with E-state index in [-0.39, 0.29) is 28.9 Å². The van der Waals surface area contributed by atoms with E-state index in [1.54, 1.807) is 12.1 Å². The number of hydrogen-bond donors (Lipinski definition) is 3. The molecule has 0 spiro atoms. The quantitative estimate of drug-likeness (QED) is 0.196. The first kappa shape index (κ1) is 37.7.